The van der Waals surface area contributed by atoms with Crippen molar-refractivity contribution in [2.24, 2.45) is 0 Å². The van der Waals surface area contributed by atoms with E-state index < -0.39 is 0 Å². The third-order valence-corrected chi connectivity index (χ3v) is 2.82. The molecule has 0 amide bonds. The van der Waals surface area contributed by atoms with E-state index in [9.17, 15) is 5.11 Å². The Kier molecular flexibility index (Phi) is 3.24. The fourth-order valence-corrected chi connectivity index (χ4v) is 1.69. The van der Waals surface area contributed by atoms with E-state index in [0.29, 0.717) is 5.69 Å². The maximum absolute atomic E-state index is 9.88. The predicted octanol–water partition coefficient (Wildman–Crippen LogP) is 3.83. The van der Waals surface area contributed by atoms with Crippen molar-refractivity contribution in [3.05, 3.63) is 48.3 Å². The number of anilines is 2. The molecule has 0 saturated carbocycles. The van der Waals surface area contributed by atoms with Gasteiger partial charge in [0.1, 0.15) is 5.75 Å². The zero-order chi connectivity index (χ0) is 13.2. The molecule has 2 aromatic rings. The fourth-order valence-electron chi connectivity index (χ4n) is 1.69. The standard InChI is InChI=1S/C15H18N2O/c1-15(2,3)11-4-5-14(18)13(10-11)17-12-6-8-16-9-7-12/h4-10,18H,1-3H3,(H,16,17). The number of hydrogen-bond donors (Lipinski definition) is 2. The van der Waals surface area contributed by atoms with Gasteiger partial charge >= 0.3 is 0 Å². The van der Waals surface area contributed by atoms with Crippen molar-refractivity contribution < 1.29 is 5.11 Å². The minimum Gasteiger partial charge on any atom is -0.506 e. The molecular formula is C15H18N2O. The number of pyridine rings is 1. The maximum atomic E-state index is 9.88. The van der Waals surface area contributed by atoms with Crippen LogP contribution in [0.2, 0.25) is 0 Å². The molecule has 0 aliphatic rings. The smallest absolute Gasteiger partial charge is 0.139 e. The minimum absolute atomic E-state index is 0.0579. The number of phenolic OH excluding ortho intramolecular Hbond substituents is 1. The molecule has 2 rings (SSSR count). The summed E-state index contributed by atoms with van der Waals surface area (Å²) in [7, 11) is 0. The lowest BCUT2D eigenvalue weighted by atomic mass is 9.87. The number of rotatable bonds is 2. The quantitative estimate of drug-likeness (QED) is 0.787. The van der Waals surface area contributed by atoms with Gasteiger partial charge in [-0.1, -0.05) is 26.8 Å². The van der Waals surface area contributed by atoms with Crippen LogP contribution in [0.4, 0.5) is 11.4 Å². The highest BCUT2D eigenvalue weighted by molar-refractivity contribution is 5.66. The summed E-state index contributed by atoms with van der Waals surface area (Å²) in [6.07, 6.45) is 3.43. The Balaban J connectivity index is 2.33. The average molecular weight is 242 g/mol. The molecule has 3 nitrogen and oxygen atoms in total. The zero-order valence-corrected chi connectivity index (χ0v) is 10.9. The lowest BCUT2D eigenvalue weighted by molar-refractivity contribution is 0.476. The van der Waals surface area contributed by atoms with Crippen molar-refractivity contribution in [2.45, 2.75) is 26.2 Å². The molecule has 18 heavy (non-hydrogen) atoms. The molecule has 0 aliphatic carbocycles. The predicted molar refractivity (Wildman–Crippen MR) is 74.3 cm³/mol. The largest absolute Gasteiger partial charge is 0.506 e. The van der Waals surface area contributed by atoms with Gasteiger partial charge in [0.15, 0.2) is 0 Å². The summed E-state index contributed by atoms with van der Waals surface area (Å²) >= 11 is 0. The molecule has 3 heteroatoms. The van der Waals surface area contributed by atoms with Crippen molar-refractivity contribution in [3.8, 4) is 5.75 Å². The van der Waals surface area contributed by atoms with E-state index in [-0.39, 0.29) is 11.2 Å². The Morgan fingerprint density at radius 3 is 2.33 bits per heavy atom. The first-order valence-electron chi connectivity index (χ1n) is 5.97. The Bertz CT molecular complexity index is 530. The van der Waals surface area contributed by atoms with E-state index in [1.54, 1.807) is 18.5 Å². The van der Waals surface area contributed by atoms with Crippen molar-refractivity contribution >= 4 is 11.4 Å². The molecule has 0 aliphatic heterocycles. The van der Waals surface area contributed by atoms with E-state index in [1.165, 1.54) is 5.56 Å². The Morgan fingerprint density at radius 1 is 1.06 bits per heavy atom. The molecule has 1 heterocycles. The molecule has 0 unspecified atom stereocenters. The number of nitrogens with one attached hydrogen (secondary N) is 1. The number of aromatic nitrogens is 1. The summed E-state index contributed by atoms with van der Waals surface area (Å²) in [5, 5.41) is 13.1. The summed E-state index contributed by atoms with van der Waals surface area (Å²) in [5.41, 5.74) is 2.86. The second-order valence-corrected chi connectivity index (χ2v) is 5.34. The Labute approximate surface area is 108 Å². The molecular weight excluding hydrogens is 224 g/mol. The molecule has 2 N–H and O–H groups in total. The molecule has 0 fully saturated rings. The van der Waals surface area contributed by atoms with Gasteiger partial charge in [0, 0.05) is 18.1 Å². The first-order chi connectivity index (χ1) is 8.47. The van der Waals surface area contributed by atoms with Gasteiger partial charge in [-0.2, -0.15) is 0 Å². The van der Waals surface area contributed by atoms with Crippen LogP contribution in [0.15, 0.2) is 42.7 Å². The topological polar surface area (TPSA) is 45.1 Å². The van der Waals surface area contributed by atoms with Crippen LogP contribution in [-0.4, -0.2) is 10.1 Å². The molecule has 94 valence electrons. The van der Waals surface area contributed by atoms with Gasteiger partial charge in [0.25, 0.3) is 0 Å². The van der Waals surface area contributed by atoms with Gasteiger partial charge < -0.3 is 10.4 Å². The molecule has 0 bridgehead atoms. The normalized spacial score (nSPS) is 11.3. The number of benzene rings is 1. The van der Waals surface area contributed by atoms with Crippen molar-refractivity contribution in [1.82, 2.24) is 4.98 Å². The molecule has 0 spiro atoms. The second kappa shape index (κ2) is 4.69. The average Bonchev–Trinajstić information content (AvgIpc) is 2.32. The Hall–Kier alpha value is -2.03. The summed E-state index contributed by atoms with van der Waals surface area (Å²) in [6.45, 7) is 6.45. The van der Waals surface area contributed by atoms with Crippen LogP contribution < -0.4 is 5.32 Å². The van der Waals surface area contributed by atoms with Crippen LogP contribution in [-0.2, 0) is 5.41 Å². The SMILES string of the molecule is CC(C)(C)c1ccc(O)c(Nc2ccncc2)c1. The van der Waals surface area contributed by atoms with E-state index in [1.807, 2.05) is 24.3 Å². The van der Waals surface area contributed by atoms with Gasteiger partial charge in [-0.15, -0.1) is 0 Å². The van der Waals surface area contributed by atoms with Crippen molar-refractivity contribution in [2.75, 3.05) is 5.32 Å². The summed E-state index contributed by atoms with van der Waals surface area (Å²) in [5.74, 6) is 0.250. The van der Waals surface area contributed by atoms with Crippen LogP contribution >= 0.6 is 0 Å². The van der Waals surface area contributed by atoms with E-state index in [0.717, 1.165) is 5.69 Å². The molecule has 1 aromatic heterocycles. The maximum Gasteiger partial charge on any atom is 0.139 e. The van der Waals surface area contributed by atoms with Crippen LogP contribution in [0.1, 0.15) is 26.3 Å². The van der Waals surface area contributed by atoms with Gasteiger partial charge in [-0.3, -0.25) is 4.98 Å². The molecule has 0 atom stereocenters. The third-order valence-electron chi connectivity index (χ3n) is 2.82. The first-order valence-corrected chi connectivity index (χ1v) is 5.97. The summed E-state index contributed by atoms with van der Waals surface area (Å²) in [4.78, 5) is 3.96. The van der Waals surface area contributed by atoms with Crippen LogP contribution in [0, 0.1) is 0 Å². The number of nitrogens with zero attached hydrogens (tertiary/aromatic N) is 1. The second-order valence-electron chi connectivity index (χ2n) is 5.34. The summed E-state index contributed by atoms with van der Waals surface area (Å²) in [6, 6.07) is 9.39. The third kappa shape index (κ3) is 2.80. The van der Waals surface area contributed by atoms with Gasteiger partial charge in [0.2, 0.25) is 0 Å². The first kappa shape index (κ1) is 12.4. The number of phenols is 1. The zero-order valence-electron chi connectivity index (χ0n) is 10.9. The van der Waals surface area contributed by atoms with E-state index in [2.05, 4.69) is 31.1 Å². The van der Waals surface area contributed by atoms with E-state index in [4.69, 9.17) is 0 Å². The molecule has 0 saturated heterocycles. The number of aromatic hydroxyl groups is 1. The summed E-state index contributed by atoms with van der Waals surface area (Å²) < 4.78 is 0. The van der Waals surface area contributed by atoms with Gasteiger partial charge in [-0.05, 0) is 35.2 Å². The van der Waals surface area contributed by atoms with Crippen molar-refractivity contribution in [3.63, 3.8) is 0 Å². The van der Waals surface area contributed by atoms with Crippen LogP contribution in [0.3, 0.4) is 0 Å². The van der Waals surface area contributed by atoms with E-state index >= 15 is 0 Å². The molecule has 0 radical (unpaired) electrons. The highest BCUT2D eigenvalue weighted by atomic mass is 16.3. The van der Waals surface area contributed by atoms with Gasteiger partial charge in [0.05, 0.1) is 5.69 Å². The minimum atomic E-state index is 0.0579. The van der Waals surface area contributed by atoms with Crippen LogP contribution in [0.25, 0.3) is 0 Å². The molecule has 1 aromatic carbocycles. The lowest BCUT2D eigenvalue weighted by Gasteiger charge is -2.20. The van der Waals surface area contributed by atoms with Crippen molar-refractivity contribution in [1.29, 1.82) is 0 Å². The fraction of sp³-hybridized carbons (Fsp3) is 0.267. The Morgan fingerprint density at radius 2 is 1.72 bits per heavy atom. The van der Waals surface area contributed by atoms with Gasteiger partial charge in [-0.25, -0.2) is 0 Å². The monoisotopic (exact) mass is 242 g/mol. The highest BCUT2D eigenvalue weighted by Crippen LogP contribution is 2.32. The highest BCUT2D eigenvalue weighted by Gasteiger charge is 2.15. The lowest BCUT2D eigenvalue weighted by Crippen LogP contribution is -2.11. The number of hydrogen-bond acceptors (Lipinski definition) is 3. The van der Waals surface area contributed by atoms with Crippen LogP contribution in [0.5, 0.6) is 5.75 Å².